The zero-order chi connectivity index (χ0) is 16.8. The number of hydrogen-bond acceptors (Lipinski definition) is 1. The highest BCUT2D eigenvalue weighted by atomic mass is 16.3. The quantitative estimate of drug-likeness (QED) is 0.360. The van der Waals surface area contributed by atoms with Crippen molar-refractivity contribution in [2.75, 3.05) is 0 Å². The summed E-state index contributed by atoms with van der Waals surface area (Å²) in [4.78, 5) is 0. The molecule has 23 heavy (non-hydrogen) atoms. The lowest BCUT2D eigenvalue weighted by atomic mass is 9.96. The Hall–Kier alpha value is -0.980. The first-order valence-electron chi connectivity index (χ1n) is 10.1. The first kappa shape index (κ1) is 20.1. The van der Waals surface area contributed by atoms with Gasteiger partial charge in [-0.25, -0.2) is 0 Å². The van der Waals surface area contributed by atoms with Gasteiger partial charge in [0, 0.05) is 0 Å². The predicted octanol–water partition coefficient (Wildman–Crippen LogP) is 7.20. The number of aryl methyl sites for hydroxylation is 1. The molecule has 0 aromatic heterocycles. The fourth-order valence-corrected chi connectivity index (χ4v) is 3.30. The van der Waals surface area contributed by atoms with Crippen LogP contribution in [0, 0.1) is 0 Å². The van der Waals surface area contributed by atoms with E-state index in [1.807, 2.05) is 12.1 Å². The summed E-state index contributed by atoms with van der Waals surface area (Å²) in [5, 5.41) is 10.1. The molecule has 0 heterocycles. The number of benzene rings is 1. The average Bonchev–Trinajstić information content (AvgIpc) is 2.56. The molecule has 0 saturated heterocycles. The Balaban J connectivity index is 2.15. The molecule has 0 fully saturated rings. The van der Waals surface area contributed by atoms with E-state index in [2.05, 4.69) is 19.9 Å². The van der Waals surface area contributed by atoms with E-state index < -0.39 is 0 Å². The van der Waals surface area contributed by atoms with Gasteiger partial charge in [-0.15, -0.1) is 0 Å². The summed E-state index contributed by atoms with van der Waals surface area (Å²) >= 11 is 0. The third kappa shape index (κ3) is 9.03. The van der Waals surface area contributed by atoms with Crippen molar-refractivity contribution in [3.05, 3.63) is 29.3 Å². The molecule has 0 saturated carbocycles. The summed E-state index contributed by atoms with van der Waals surface area (Å²) in [6.07, 6.45) is 18.3. The first-order chi connectivity index (χ1) is 11.3. The third-order valence-corrected chi connectivity index (χ3v) is 4.83. The molecule has 0 aliphatic carbocycles. The molecule has 0 atom stereocenters. The molecule has 0 amide bonds. The van der Waals surface area contributed by atoms with E-state index in [9.17, 15) is 5.11 Å². The molecule has 0 aliphatic rings. The molecular formula is C22H38O. The molecule has 1 heteroatoms. The Kier molecular flexibility index (Phi) is 11.7. The number of phenolic OH excluding ortho intramolecular Hbond substituents is 1. The molecule has 0 bridgehead atoms. The van der Waals surface area contributed by atoms with Crippen LogP contribution in [0.2, 0.25) is 0 Å². The largest absolute Gasteiger partial charge is 0.508 e. The Bertz CT molecular complexity index is 397. The van der Waals surface area contributed by atoms with E-state index in [-0.39, 0.29) is 0 Å². The van der Waals surface area contributed by atoms with Crippen molar-refractivity contribution in [3.63, 3.8) is 0 Å². The first-order valence-corrected chi connectivity index (χ1v) is 10.1. The third-order valence-electron chi connectivity index (χ3n) is 4.83. The van der Waals surface area contributed by atoms with Crippen molar-refractivity contribution in [2.24, 2.45) is 0 Å². The summed E-state index contributed by atoms with van der Waals surface area (Å²) in [5.41, 5.74) is 2.57. The number of aromatic hydroxyl groups is 1. The van der Waals surface area contributed by atoms with Gasteiger partial charge in [-0.2, -0.15) is 0 Å². The van der Waals surface area contributed by atoms with Crippen LogP contribution in [-0.2, 0) is 12.8 Å². The molecule has 0 aliphatic heterocycles. The van der Waals surface area contributed by atoms with Crippen LogP contribution in [0.4, 0.5) is 0 Å². The van der Waals surface area contributed by atoms with E-state index in [1.165, 1.54) is 88.2 Å². The highest BCUT2D eigenvalue weighted by Crippen LogP contribution is 2.25. The normalized spacial score (nSPS) is 11.0. The van der Waals surface area contributed by atoms with Crippen molar-refractivity contribution in [2.45, 2.75) is 104 Å². The number of unbranched alkanes of at least 4 members (excludes halogenated alkanes) is 10. The van der Waals surface area contributed by atoms with Crippen LogP contribution in [0.3, 0.4) is 0 Å². The molecule has 1 aromatic carbocycles. The summed E-state index contributed by atoms with van der Waals surface area (Å²) < 4.78 is 0. The minimum Gasteiger partial charge on any atom is -0.508 e. The van der Waals surface area contributed by atoms with Crippen LogP contribution in [0.5, 0.6) is 5.75 Å². The molecule has 0 unspecified atom stereocenters. The molecule has 1 nitrogen and oxygen atoms in total. The maximum absolute atomic E-state index is 10.1. The second-order valence-electron chi connectivity index (χ2n) is 6.95. The molecule has 1 aromatic rings. The predicted molar refractivity (Wildman–Crippen MR) is 102 cm³/mol. The van der Waals surface area contributed by atoms with Gasteiger partial charge in [-0.3, -0.25) is 0 Å². The van der Waals surface area contributed by atoms with Crippen molar-refractivity contribution in [1.82, 2.24) is 0 Å². The Morgan fingerprint density at radius 2 is 1.22 bits per heavy atom. The summed E-state index contributed by atoms with van der Waals surface area (Å²) in [6.45, 7) is 4.49. The second kappa shape index (κ2) is 13.5. The van der Waals surface area contributed by atoms with Crippen LogP contribution in [0.25, 0.3) is 0 Å². The van der Waals surface area contributed by atoms with Crippen molar-refractivity contribution >= 4 is 0 Å². The van der Waals surface area contributed by atoms with Crippen LogP contribution < -0.4 is 0 Å². The molecule has 132 valence electrons. The SMILES string of the molecule is CCCCCCCCCCCCc1cccc(O)c1CCCC. The lowest BCUT2D eigenvalue weighted by Gasteiger charge is -2.11. The van der Waals surface area contributed by atoms with Crippen LogP contribution in [0.15, 0.2) is 18.2 Å². The lowest BCUT2D eigenvalue weighted by molar-refractivity contribution is 0.465. The van der Waals surface area contributed by atoms with E-state index in [0.717, 1.165) is 12.8 Å². The number of phenols is 1. The van der Waals surface area contributed by atoms with Gasteiger partial charge in [0.05, 0.1) is 0 Å². The molecular weight excluding hydrogens is 280 g/mol. The van der Waals surface area contributed by atoms with Crippen LogP contribution >= 0.6 is 0 Å². The Labute approximate surface area is 144 Å². The zero-order valence-electron chi connectivity index (χ0n) is 15.6. The highest BCUT2D eigenvalue weighted by molar-refractivity contribution is 5.39. The minimum atomic E-state index is 0.503. The van der Waals surface area contributed by atoms with Crippen molar-refractivity contribution in [1.29, 1.82) is 0 Å². The molecule has 0 radical (unpaired) electrons. The van der Waals surface area contributed by atoms with Crippen LogP contribution in [0.1, 0.15) is 102 Å². The average molecular weight is 319 g/mol. The molecule has 1 N–H and O–H groups in total. The van der Waals surface area contributed by atoms with Crippen LogP contribution in [-0.4, -0.2) is 5.11 Å². The summed E-state index contributed by atoms with van der Waals surface area (Å²) in [7, 11) is 0. The fourth-order valence-electron chi connectivity index (χ4n) is 3.30. The number of rotatable bonds is 14. The fraction of sp³-hybridized carbons (Fsp3) is 0.727. The Morgan fingerprint density at radius 3 is 1.83 bits per heavy atom. The second-order valence-corrected chi connectivity index (χ2v) is 6.95. The highest BCUT2D eigenvalue weighted by Gasteiger charge is 2.07. The van der Waals surface area contributed by atoms with Gasteiger partial charge in [0.25, 0.3) is 0 Å². The Morgan fingerprint density at radius 1 is 0.652 bits per heavy atom. The van der Waals surface area contributed by atoms with Gasteiger partial charge in [0.15, 0.2) is 0 Å². The molecule has 0 spiro atoms. The van der Waals surface area contributed by atoms with Gasteiger partial charge < -0.3 is 5.11 Å². The van der Waals surface area contributed by atoms with Gasteiger partial charge in [-0.05, 0) is 42.9 Å². The lowest BCUT2D eigenvalue weighted by Crippen LogP contribution is -1.96. The van der Waals surface area contributed by atoms with E-state index in [0.29, 0.717) is 5.75 Å². The number of hydrogen-bond donors (Lipinski definition) is 1. The summed E-state index contributed by atoms with van der Waals surface area (Å²) in [5.74, 6) is 0.503. The van der Waals surface area contributed by atoms with Gasteiger partial charge in [-0.1, -0.05) is 90.2 Å². The topological polar surface area (TPSA) is 20.2 Å². The van der Waals surface area contributed by atoms with E-state index in [4.69, 9.17) is 0 Å². The van der Waals surface area contributed by atoms with Crippen molar-refractivity contribution in [3.8, 4) is 5.75 Å². The van der Waals surface area contributed by atoms with Gasteiger partial charge in [0.2, 0.25) is 0 Å². The van der Waals surface area contributed by atoms with Gasteiger partial charge in [0.1, 0.15) is 5.75 Å². The van der Waals surface area contributed by atoms with Crippen molar-refractivity contribution < 1.29 is 5.11 Å². The van der Waals surface area contributed by atoms with E-state index in [1.54, 1.807) is 0 Å². The summed E-state index contributed by atoms with van der Waals surface area (Å²) in [6, 6.07) is 6.04. The molecule has 1 rings (SSSR count). The zero-order valence-corrected chi connectivity index (χ0v) is 15.6. The maximum Gasteiger partial charge on any atom is 0.119 e. The maximum atomic E-state index is 10.1. The standard InChI is InChI=1S/C22H38O/c1-3-5-7-8-9-10-11-12-13-14-16-20-17-15-19-22(23)21(20)18-6-4-2/h15,17,19,23H,3-14,16,18H2,1-2H3. The van der Waals surface area contributed by atoms with Gasteiger partial charge >= 0.3 is 0 Å². The monoisotopic (exact) mass is 318 g/mol. The smallest absolute Gasteiger partial charge is 0.119 e. The van der Waals surface area contributed by atoms with E-state index >= 15 is 0 Å². The minimum absolute atomic E-state index is 0.503.